The molecule has 0 aliphatic carbocycles. The molecule has 2 heterocycles. The van der Waals surface area contributed by atoms with Gasteiger partial charge in [0, 0.05) is 30.8 Å². The number of nitrogens with one attached hydrogen (secondary N) is 1. The van der Waals surface area contributed by atoms with Crippen LogP contribution in [0, 0.1) is 5.82 Å². The van der Waals surface area contributed by atoms with Crippen LogP contribution in [0.2, 0.25) is 0 Å². The molecule has 0 radical (unpaired) electrons. The molecule has 0 saturated carbocycles. The third-order valence-electron chi connectivity index (χ3n) is 3.16. The summed E-state index contributed by atoms with van der Waals surface area (Å²) in [5.74, 6) is -0.189. The number of fused-ring (bicyclic) bond motifs is 1. The Labute approximate surface area is 109 Å². The summed E-state index contributed by atoms with van der Waals surface area (Å²) in [7, 11) is 1.86. The number of benzene rings is 1. The lowest BCUT2D eigenvalue weighted by Gasteiger charge is -2.18. The highest BCUT2D eigenvalue weighted by molar-refractivity contribution is 7.10. The van der Waals surface area contributed by atoms with Crippen LogP contribution in [-0.4, -0.2) is 23.2 Å². The van der Waals surface area contributed by atoms with E-state index in [4.69, 9.17) is 0 Å². The van der Waals surface area contributed by atoms with Gasteiger partial charge in [-0.2, -0.15) is 0 Å². The van der Waals surface area contributed by atoms with Crippen molar-refractivity contribution < 1.29 is 4.39 Å². The normalized spacial score (nSPS) is 13.8. The maximum atomic E-state index is 13.3. The standard InChI is InChI=1S/C12H13FN4S/c1-14-12-10(15-16-18-12)7-17-5-4-8-2-3-9(13)6-11(8)17/h2-3,6,14H,4-5,7H2,1H3. The van der Waals surface area contributed by atoms with Crippen molar-refractivity contribution in [3.8, 4) is 0 Å². The summed E-state index contributed by atoms with van der Waals surface area (Å²) in [6, 6.07) is 4.98. The van der Waals surface area contributed by atoms with Crippen LogP contribution in [0.15, 0.2) is 18.2 Å². The molecule has 1 aliphatic heterocycles. The zero-order valence-corrected chi connectivity index (χ0v) is 10.8. The van der Waals surface area contributed by atoms with Gasteiger partial charge in [0.2, 0.25) is 0 Å². The first kappa shape index (κ1) is 11.4. The van der Waals surface area contributed by atoms with Gasteiger partial charge in [-0.1, -0.05) is 10.6 Å². The van der Waals surface area contributed by atoms with E-state index < -0.39 is 0 Å². The molecule has 2 aromatic rings. The molecule has 1 aliphatic rings. The van der Waals surface area contributed by atoms with Crippen molar-refractivity contribution >= 4 is 22.2 Å². The number of hydrogen-bond acceptors (Lipinski definition) is 5. The minimum Gasteiger partial charge on any atom is -0.377 e. The fourth-order valence-corrected chi connectivity index (χ4v) is 2.79. The molecule has 1 aromatic carbocycles. The van der Waals surface area contributed by atoms with Gasteiger partial charge < -0.3 is 10.2 Å². The van der Waals surface area contributed by atoms with Gasteiger partial charge >= 0.3 is 0 Å². The lowest BCUT2D eigenvalue weighted by molar-refractivity contribution is 0.627. The van der Waals surface area contributed by atoms with E-state index in [1.54, 1.807) is 6.07 Å². The molecule has 0 spiro atoms. The number of nitrogens with zero attached hydrogens (tertiary/aromatic N) is 3. The van der Waals surface area contributed by atoms with E-state index in [-0.39, 0.29) is 5.82 Å². The van der Waals surface area contributed by atoms with Gasteiger partial charge in [-0.15, -0.1) is 5.10 Å². The van der Waals surface area contributed by atoms with Gasteiger partial charge in [-0.05, 0) is 24.1 Å². The Balaban J connectivity index is 1.86. The van der Waals surface area contributed by atoms with E-state index >= 15 is 0 Å². The third-order valence-corrected chi connectivity index (χ3v) is 3.95. The van der Waals surface area contributed by atoms with Crippen LogP contribution in [0.4, 0.5) is 15.1 Å². The second-order valence-electron chi connectivity index (χ2n) is 4.24. The van der Waals surface area contributed by atoms with Gasteiger partial charge in [-0.3, -0.25) is 0 Å². The second-order valence-corrected chi connectivity index (χ2v) is 5.00. The molecule has 0 fully saturated rings. The van der Waals surface area contributed by atoms with Crippen molar-refractivity contribution in [1.29, 1.82) is 0 Å². The molecular formula is C12H13FN4S. The molecule has 1 N–H and O–H groups in total. The molecule has 4 nitrogen and oxygen atoms in total. The Kier molecular flexibility index (Phi) is 2.87. The molecule has 94 valence electrons. The Morgan fingerprint density at radius 3 is 3.22 bits per heavy atom. The van der Waals surface area contributed by atoms with Gasteiger partial charge in [0.05, 0.1) is 6.54 Å². The van der Waals surface area contributed by atoms with Crippen LogP contribution in [-0.2, 0) is 13.0 Å². The van der Waals surface area contributed by atoms with E-state index in [9.17, 15) is 4.39 Å². The molecule has 0 bridgehead atoms. The Morgan fingerprint density at radius 1 is 1.50 bits per heavy atom. The average molecular weight is 264 g/mol. The summed E-state index contributed by atoms with van der Waals surface area (Å²) in [4.78, 5) is 2.15. The van der Waals surface area contributed by atoms with Crippen molar-refractivity contribution in [3.05, 3.63) is 35.3 Å². The number of hydrogen-bond donors (Lipinski definition) is 1. The van der Waals surface area contributed by atoms with E-state index in [0.717, 1.165) is 29.3 Å². The smallest absolute Gasteiger partial charge is 0.134 e. The highest BCUT2D eigenvalue weighted by Gasteiger charge is 2.21. The van der Waals surface area contributed by atoms with E-state index in [2.05, 4.69) is 19.8 Å². The summed E-state index contributed by atoms with van der Waals surface area (Å²) in [5, 5.41) is 8.17. The summed E-state index contributed by atoms with van der Waals surface area (Å²) in [5.41, 5.74) is 3.09. The summed E-state index contributed by atoms with van der Waals surface area (Å²) in [6.45, 7) is 1.57. The molecule has 0 amide bonds. The highest BCUT2D eigenvalue weighted by atomic mass is 32.1. The third kappa shape index (κ3) is 1.92. The van der Waals surface area contributed by atoms with Crippen LogP contribution < -0.4 is 10.2 Å². The molecule has 3 rings (SSSR count). The van der Waals surface area contributed by atoms with Crippen LogP contribution >= 0.6 is 11.5 Å². The quantitative estimate of drug-likeness (QED) is 0.923. The second kappa shape index (κ2) is 4.53. The fourth-order valence-electron chi connectivity index (χ4n) is 2.27. The number of anilines is 2. The number of aromatic nitrogens is 2. The molecule has 0 unspecified atom stereocenters. The van der Waals surface area contributed by atoms with Crippen molar-refractivity contribution in [2.75, 3.05) is 23.8 Å². The maximum Gasteiger partial charge on any atom is 0.134 e. The van der Waals surface area contributed by atoms with E-state index in [1.165, 1.54) is 23.2 Å². The average Bonchev–Trinajstić information content (AvgIpc) is 2.97. The molecule has 1 aromatic heterocycles. The predicted molar refractivity (Wildman–Crippen MR) is 70.6 cm³/mol. The molecular weight excluding hydrogens is 251 g/mol. The SMILES string of the molecule is CNc1snnc1CN1CCc2ccc(F)cc21. The lowest BCUT2D eigenvalue weighted by atomic mass is 10.2. The van der Waals surface area contributed by atoms with Crippen LogP contribution in [0.25, 0.3) is 0 Å². The number of rotatable bonds is 3. The minimum absolute atomic E-state index is 0.189. The first-order valence-corrected chi connectivity index (χ1v) is 6.57. The maximum absolute atomic E-state index is 13.3. The van der Waals surface area contributed by atoms with Crippen LogP contribution in [0.1, 0.15) is 11.3 Å². The zero-order chi connectivity index (χ0) is 12.5. The lowest BCUT2D eigenvalue weighted by Crippen LogP contribution is -2.20. The van der Waals surface area contributed by atoms with E-state index in [0.29, 0.717) is 6.54 Å². The highest BCUT2D eigenvalue weighted by Crippen LogP contribution is 2.31. The van der Waals surface area contributed by atoms with Gasteiger partial charge in [-0.25, -0.2) is 4.39 Å². The molecule has 0 atom stereocenters. The zero-order valence-electron chi connectivity index (χ0n) is 9.98. The van der Waals surface area contributed by atoms with E-state index in [1.807, 2.05) is 13.1 Å². The van der Waals surface area contributed by atoms with Crippen molar-refractivity contribution in [2.45, 2.75) is 13.0 Å². The molecule has 18 heavy (non-hydrogen) atoms. The van der Waals surface area contributed by atoms with Crippen LogP contribution in [0.3, 0.4) is 0 Å². The van der Waals surface area contributed by atoms with Gasteiger partial charge in [0.1, 0.15) is 16.5 Å². The van der Waals surface area contributed by atoms with Crippen molar-refractivity contribution in [3.63, 3.8) is 0 Å². The van der Waals surface area contributed by atoms with Crippen LogP contribution in [0.5, 0.6) is 0 Å². The largest absolute Gasteiger partial charge is 0.377 e. The summed E-state index contributed by atoms with van der Waals surface area (Å²) < 4.78 is 17.2. The Morgan fingerprint density at radius 2 is 2.39 bits per heavy atom. The van der Waals surface area contributed by atoms with Gasteiger partial charge in [0.15, 0.2) is 0 Å². The van der Waals surface area contributed by atoms with Crippen molar-refractivity contribution in [1.82, 2.24) is 9.59 Å². The molecule has 0 saturated heterocycles. The Hall–Kier alpha value is -1.69. The van der Waals surface area contributed by atoms with Crippen molar-refractivity contribution in [2.24, 2.45) is 0 Å². The topological polar surface area (TPSA) is 41.1 Å². The first-order valence-electron chi connectivity index (χ1n) is 5.80. The monoisotopic (exact) mass is 264 g/mol. The summed E-state index contributed by atoms with van der Waals surface area (Å²) >= 11 is 1.34. The first-order chi connectivity index (χ1) is 8.78. The predicted octanol–water partition coefficient (Wildman–Crippen LogP) is 2.28. The summed E-state index contributed by atoms with van der Waals surface area (Å²) in [6.07, 6.45) is 0.960. The van der Waals surface area contributed by atoms with Gasteiger partial charge in [0.25, 0.3) is 0 Å². The Bertz CT molecular complexity index is 569. The number of halogens is 1. The minimum atomic E-state index is -0.189. The molecule has 6 heteroatoms. The fraction of sp³-hybridized carbons (Fsp3) is 0.333.